The topological polar surface area (TPSA) is 48.3 Å². The van der Waals surface area contributed by atoms with Crippen LogP contribution in [-0.4, -0.2) is 37.7 Å². The van der Waals surface area contributed by atoms with E-state index in [2.05, 4.69) is 17.3 Å². The Bertz CT molecular complexity index is 441. The van der Waals surface area contributed by atoms with Gasteiger partial charge in [0.25, 0.3) is 0 Å². The van der Waals surface area contributed by atoms with Gasteiger partial charge in [0.15, 0.2) is 6.61 Å². The monoisotopic (exact) mass is 259 g/mol. The van der Waals surface area contributed by atoms with Crippen LogP contribution >= 0.6 is 0 Å². The summed E-state index contributed by atoms with van der Waals surface area (Å²) in [4.78, 5) is 2.36. The van der Waals surface area contributed by atoms with Crippen molar-refractivity contribution in [1.82, 2.24) is 10.2 Å². The van der Waals surface area contributed by atoms with Crippen LogP contribution in [0.25, 0.3) is 0 Å². The average molecular weight is 259 g/mol. The summed E-state index contributed by atoms with van der Waals surface area (Å²) in [6.07, 6.45) is 2.48. The van der Waals surface area contributed by atoms with Gasteiger partial charge in [-0.1, -0.05) is 18.2 Å². The van der Waals surface area contributed by atoms with Crippen LogP contribution in [0.4, 0.5) is 0 Å². The number of hydrogen-bond donors (Lipinski definition) is 1. The Morgan fingerprint density at radius 2 is 2.32 bits per heavy atom. The van der Waals surface area contributed by atoms with Gasteiger partial charge < -0.3 is 15.0 Å². The van der Waals surface area contributed by atoms with Crippen molar-refractivity contribution in [1.29, 1.82) is 5.26 Å². The number of nitrogens with zero attached hydrogens (tertiary/aromatic N) is 2. The summed E-state index contributed by atoms with van der Waals surface area (Å²) in [5.41, 5.74) is 1.12. The highest BCUT2D eigenvalue weighted by Gasteiger charge is 2.16. The molecule has 1 fully saturated rings. The van der Waals surface area contributed by atoms with Crippen LogP contribution in [0, 0.1) is 11.3 Å². The third kappa shape index (κ3) is 4.23. The maximum atomic E-state index is 8.59. The lowest BCUT2D eigenvalue weighted by atomic mass is 10.1. The van der Waals surface area contributed by atoms with Crippen molar-refractivity contribution in [2.75, 3.05) is 26.7 Å². The molecule has 0 aliphatic carbocycles. The van der Waals surface area contributed by atoms with Gasteiger partial charge in [-0.3, -0.25) is 0 Å². The number of ether oxygens (including phenoxy) is 1. The second kappa shape index (κ2) is 7.13. The molecule has 1 heterocycles. The standard InChI is InChI=1S/C15H21N3O/c1-18-9-4-6-14(12-18)17-11-13-5-2-3-7-15(13)19-10-8-16/h2-3,5,7,14,17H,4,6,9-12H2,1H3. The number of piperidine rings is 1. The summed E-state index contributed by atoms with van der Waals surface area (Å²) in [7, 11) is 2.16. The fourth-order valence-corrected chi connectivity index (χ4v) is 2.49. The molecule has 1 N–H and O–H groups in total. The SMILES string of the molecule is CN1CCCC(NCc2ccccc2OCC#N)C1. The maximum Gasteiger partial charge on any atom is 0.174 e. The molecule has 0 aromatic heterocycles. The van der Waals surface area contributed by atoms with E-state index in [1.807, 2.05) is 30.3 Å². The lowest BCUT2D eigenvalue weighted by molar-refractivity contribution is 0.226. The zero-order chi connectivity index (χ0) is 13.5. The minimum absolute atomic E-state index is 0.100. The van der Waals surface area contributed by atoms with Gasteiger partial charge in [-0.15, -0.1) is 0 Å². The van der Waals surface area contributed by atoms with Gasteiger partial charge in [-0.25, -0.2) is 0 Å². The summed E-state index contributed by atoms with van der Waals surface area (Å²) >= 11 is 0. The molecule has 0 spiro atoms. The summed E-state index contributed by atoms with van der Waals surface area (Å²) in [6, 6.07) is 10.5. The molecule has 0 radical (unpaired) electrons. The molecule has 4 nitrogen and oxygen atoms in total. The number of nitriles is 1. The Morgan fingerprint density at radius 3 is 3.11 bits per heavy atom. The third-order valence-corrected chi connectivity index (χ3v) is 3.47. The summed E-state index contributed by atoms with van der Waals surface area (Å²) < 4.78 is 5.44. The molecule has 1 saturated heterocycles. The zero-order valence-corrected chi connectivity index (χ0v) is 11.4. The van der Waals surface area contributed by atoms with Crippen molar-refractivity contribution in [3.05, 3.63) is 29.8 Å². The first-order valence-electron chi connectivity index (χ1n) is 6.79. The molecule has 2 rings (SSSR count). The van der Waals surface area contributed by atoms with Crippen LogP contribution in [0.15, 0.2) is 24.3 Å². The molecule has 0 amide bonds. The first-order chi connectivity index (χ1) is 9.29. The van der Waals surface area contributed by atoms with Crippen LogP contribution in [0.1, 0.15) is 18.4 Å². The highest BCUT2D eigenvalue weighted by molar-refractivity contribution is 5.33. The molecule has 1 aromatic rings. The smallest absolute Gasteiger partial charge is 0.174 e. The van der Waals surface area contributed by atoms with Gasteiger partial charge in [0.2, 0.25) is 0 Å². The van der Waals surface area contributed by atoms with Crippen molar-refractivity contribution >= 4 is 0 Å². The quantitative estimate of drug-likeness (QED) is 0.875. The second-order valence-corrected chi connectivity index (χ2v) is 5.04. The van der Waals surface area contributed by atoms with Crippen molar-refractivity contribution < 1.29 is 4.74 Å². The number of nitrogens with one attached hydrogen (secondary N) is 1. The summed E-state index contributed by atoms with van der Waals surface area (Å²) in [5, 5.41) is 12.2. The summed E-state index contributed by atoms with van der Waals surface area (Å²) in [6.45, 7) is 3.19. The van der Waals surface area contributed by atoms with Gasteiger partial charge in [0.05, 0.1) is 0 Å². The lowest BCUT2D eigenvalue weighted by Crippen LogP contribution is -2.43. The van der Waals surface area contributed by atoms with E-state index >= 15 is 0 Å². The number of benzene rings is 1. The maximum absolute atomic E-state index is 8.59. The second-order valence-electron chi connectivity index (χ2n) is 5.04. The molecule has 0 bridgehead atoms. The molecule has 19 heavy (non-hydrogen) atoms. The Labute approximate surface area is 115 Å². The molecule has 1 aliphatic heterocycles. The Hall–Kier alpha value is -1.57. The van der Waals surface area contributed by atoms with Crippen molar-refractivity contribution in [2.45, 2.75) is 25.4 Å². The molecule has 0 saturated carbocycles. The van der Waals surface area contributed by atoms with Gasteiger partial charge in [-0.2, -0.15) is 5.26 Å². The van der Waals surface area contributed by atoms with Crippen LogP contribution in [0.5, 0.6) is 5.75 Å². The van der Waals surface area contributed by atoms with Crippen LogP contribution in [-0.2, 0) is 6.54 Å². The zero-order valence-electron chi connectivity index (χ0n) is 11.4. The van der Waals surface area contributed by atoms with Gasteiger partial charge in [-0.05, 0) is 32.5 Å². The number of para-hydroxylation sites is 1. The fraction of sp³-hybridized carbons (Fsp3) is 0.533. The first kappa shape index (κ1) is 13.9. The van der Waals surface area contributed by atoms with E-state index < -0.39 is 0 Å². The van der Waals surface area contributed by atoms with Crippen molar-refractivity contribution in [3.63, 3.8) is 0 Å². The third-order valence-electron chi connectivity index (χ3n) is 3.47. The molecular weight excluding hydrogens is 238 g/mol. The minimum atomic E-state index is 0.100. The number of likely N-dealkylation sites (tertiary alicyclic amines) is 1. The lowest BCUT2D eigenvalue weighted by Gasteiger charge is -2.30. The van der Waals surface area contributed by atoms with Crippen LogP contribution < -0.4 is 10.1 Å². The average Bonchev–Trinajstić information content (AvgIpc) is 2.44. The highest BCUT2D eigenvalue weighted by atomic mass is 16.5. The molecule has 1 unspecified atom stereocenters. The van der Waals surface area contributed by atoms with E-state index in [1.54, 1.807) is 0 Å². The largest absolute Gasteiger partial charge is 0.478 e. The Morgan fingerprint density at radius 1 is 1.47 bits per heavy atom. The first-order valence-corrected chi connectivity index (χ1v) is 6.79. The molecule has 102 valence electrons. The van der Waals surface area contributed by atoms with E-state index in [9.17, 15) is 0 Å². The van der Waals surface area contributed by atoms with E-state index in [4.69, 9.17) is 10.00 Å². The van der Waals surface area contributed by atoms with Crippen LogP contribution in [0.2, 0.25) is 0 Å². The number of rotatable bonds is 5. The van der Waals surface area contributed by atoms with E-state index in [0.717, 1.165) is 24.4 Å². The summed E-state index contributed by atoms with van der Waals surface area (Å²) in [5.74, 6) is 0.806. The Kier molecular flexibility index (Phi) is 5.20. The van der Waals surface area contributed by atoms with E-state index in [-0.39, 0.29) is 6.61 Å². The van der Waals surface area contributed by atoms with E-state index in [1.165, 1.54) is 19.4 Å². The predicted octanol–water partition coefficient (Wildman–Crippen LogP) is 1.77. The number of likely N-dealkylation sites (N-methyl/N-ethyl adjacent to an activating group) is 1. The van der Waals surface area contributed by atoms with Gasteiger partial charge in [0.1, 0.15) is 11.8 Å². The highest BCUT2D eigenvalue weighted by Crippen LogP contribution is 2.18. The van der Waals surface area contributed by atoms with Gasteiger partial charge >= 0.3 is 0 Å². The number of hydrogen-bond acceptors (Lipinski definition) is 4. The normalized spacial score (nSPS) is 19.9. The fourth-order valence-electron chi connectivity index (χ4n) is 2.49. The van der Waals surface area contributed by atoms with Gasteiger partial charge in [0, 0.05) is 24.7 Å². The molecule has 1 aromatic carbocycles. The van der Waals surface area contributed by atoms with Crippen LogP contribution in [0.3, 0.4) is 0 Å². The molecular formula is C15H21N3O. The Balaban J connectivity index is 1.89. The van der Waals surface area contributed by atoms with Crippen molar-refractivity contribution in [3.8, 4) is 11.8 Å². The molecule has 1 atom stereocenters. The van der Waals surface area contributed by atoms with E-state index in [0.29, 0.717) is 6.04 Å². The predicted molar refractivity (Wildman–Crippen MR) is 74.9 cm³/mol. The minimum Gasteiger partial charge on any atom is -0.478 e. The van der Waals surface area contributed by atoms with Crippen molar-refractivity contribution in [2.24, 2.45) is 0 Å². The molecule has 1 aliphatic rings. The molecule has 4 heteroatoms.